The number of ketones is 1. The Balaban J connectivity index is 1.43. The number of hydrogen-bond donors (Lipinski definition) is 3. The number of carbonyl (C=O) groups excluding carboxylic acids is 1. The normalized spacial score (nSPS) is 11.1. The summed E-state index contributed by atoms with van der Waals surface area (Å²) in [5.74, 6) is 1.13. The van der Waals surface area contributed by atoms with Crippen LogP contribution < -0.4 is 5.32 Å². The Bertz CT molecular complexity index is 1410. The van der Waals surface area contributed by atoms with Crippen molar-refractivity contribution >= 4 is 39.8 Å². The second-order valence-electron chi connectivity index (χ2n) is 7.34. The van der Waals surface area contributed by atoms with Crippen molar-refractivity contribution in [1.82, 2.24) is 25.1 Å². The van der Waals surface area contributed by atoms with E-state index in [1.54, 1.807) is 12.4 Å². The summed E-state index contributed by atoms with van der Waals surface area (Å²) in [6, 6.07) is 15.6. The zero-order valence-electron chi connectivity index (χ0n) is 17.2. The summed E-state index contributed by atoms with van der Waals surface area (Å²) in [5.41, 5.74) is 5.22. The molecule has 158 valence electrons. The molecule has 0 fully saturated rings. The molecule has 0 aliphatic carbocycles. The van der Waals surface area contributed by atoms with Crippen molar-refractivity contribution in [2.75, 3.05) is 5.32 Å². The molecule has 0 spiro atoms. The second kappa shape index (κ2) is 8.28. The fourth-order valence-corrected chi connectivity index (χ4v) is 3.63. The van der Waals surface area contributed by atoms with Gasteiger partial charge in [-0.05, 0) is 29.8 Å². The number of benzene rings is 2. The van der Waals surface area contributed by atoms with E-state index in [4.69, 9.17) is 11.6 Å². The van der Waals surface area contributed by atoms with Gasteiger partial charge in [0.15, 0.2) is 17.4 Å². The topological polar surface area (TPSA) is 99.3 Å². The lowest BCUT2D eigenvalue weighted by Crippen LogP contribution is -1.98. The van der Waals surface area contributed by atoms with Crippen LogP contribution in [-0.2, 0) is 0 Å². The van der Waals surface area contributed by atoms with E-state index in [1.165, 1.54) is 0 Å². The average Bonchev–Trinajstić information content (AvgIpc) is 3.50. The Labute approximate surface area is 188 Å². The van der Waals surface area contributed by atoms with E-state index < -0.39 is 0 Å². The fraction of sp³-hybridized carbons (Fsp3) is 0.0833. The summed E-state index contributed by atoms with van der Waals surface area (Å²) >= 11 is 6.35. The first-order valence-electron chi connectivity index (χ1n) is 10.2. The van der Waals surface area contributed by atoms with E-state index in [2.05, 4.69) is 30.5 Å². The smallest absolute Gasteiger partial charge is 0.178 e. The number of H-pyrrole nitrogens is 2. The van der Waals surface area contributed by atoms with Gasteiger partial charge >= 0.3 is 0 Å². The monoisotopic (exact) mass is 442 g/mol. The minimum absolute atomic E-state index is 0.0794. The van der Waals surface area contributed by atoms with Crippen LogP contribution >= 0.6 is 11.6 Å². The molecule has 5 aromatic rings. The Hall–Kier alpha value is -3.97. The number of nitrogens with one attached hydrogen (secondary N) is 3. The first kappa shape index (κ1) is 20.0. The van der Waals surface area contributed by atoms with E-state index in [-0.39, 0.29) is 5.78 Å². The van der Waals surface area contributed by atoms with Crippen molar-refractivity contribution < 1.29 is 4.79 Å². The number of aromatic nitrogens is 5. The molecule has 3 heterocycles. The van der Waals surface area contributed by atoms with Crippen LogP contribution in [0.25, 0.3) is 33.4 Å². The summed E-state index contributed by atoms with van der Waals surface area (Å²) in [4.78, 5) is 24.2. The summed E-state index contributed by atoms with van der Waals surface area (Å²) < 4.78 is 0. The minimum atomic E-state index is 0.0794. The highest BCUT2D eigenvalue weighted by Crippen LogP contribution is 2.29. The van der Waals surface area contributed by atoms with E-state index in [0.29, 0.717) is 28.8 Å². The predicted molar refractivity (Wildman–Crippen MR) is 126 cm³/mol. The second-order valence-corrected chi connectivity index (χ2v) is 7.75. The standard InChI is InChI=1S/C24H19ClN6O/c1-2-22(32)21-9-15-3-4-16(10-20(15)30-21)23-26-13-19(25)24(31-23)29-18-7-5-14(6-8-18)17-11-27-28-12-17/h3-13,30H,2H2,1H3,(H,27,28)(H,26,29,31). The summed E-state index contributed by atoms with van der Waals surface area (Å²) in [7, 11) is 0. The highest BCUT2D eigenvalue weighted by molar-refractivity contribution is 6.32. The maximum Gasteiger partial charge on any atom is 0.178 e. The molecule has 0 saturated heterocycles. The maximum absolute atomic E-state index is 12.0. The lowest BCUT2D eigenvalue weighted by atomic mass is 10.1. The Morgan fingerprint density at radius 1 is 1.03 bits per heavy atom. The van der Waals surface area contributed by atoms with Crippen LogP contribution in [0.5, 0.6) is 0 Å². The molecule has 0 unspecified atom stereocenters. The van der Waals surface area contributed by atoms with Gasteiger partial charge in [0.1, 0.15) is 5.02 Å². The molecular weight excluding hydrogens is 424 g/mol. The minimum Gasteiger partial charge on any atom is -0.352 e. The van der Waals surface area contributed by atoms with Crippen LogP contribution in [0.2, 0.25) is 5.02 Å². The zero-order valence-corrected chi connectivity index (χ0v) is 17.9. The van der Waals surface area contributed by atoms with Crippen molar-refractivity contribution in [1.29, 1.82) is 0 Å². The van der Waals surface area contributed by atoms with E-state index in [9.17, 15) is 4.79 Å². The SMILES string of the molecule is CCC(=O)c1cc2ccc(-c3ncc(Cl)c(Nc4ccc(-c5cn[nH]c5)cc4)n3)cc2[nH]1. The highest BCUT2D eigenvalue weighted by Gasteiger charge is 2.12. The molecule has 0 aliphatic rings. The molecule has 3 aromatic heterocycles. The number of rotatable bonds is 6. The van der Waals surface area contributed by atoms with Crippen molar-refractivity contribution in [2.24, 2.45) is 0 Å². The molecular formula is C24H19ClN6O. The number of fused-ring (bicyclic) bond motifs is 1. The Kier molecular flexibility index (Phi) is 5.17. The van der Waals surface area contributed by atoms with E-state index >= 15 is 0 Å². The lowest BCUT2D eigenvalue weighted by molar-refractivity contribution is 0.0984. The third kappa shape index (κ3) is 3.86. The highest BCUT2D eigenvalue weighted by atomic mass is 35.5. The number of Topliss-reactive ketones (excluding diaryl/α,β-unsaturated/α-hetero) is 1. The number of nitrogens with zero attached hydrogens (tertiary/aromatic N) is 3. The van der Waals surface area contributed by atoms with Crippen molar-refractivity contribution in [3.8, 4) is 22.5 Å². The first-order chi connectivity index (χ1) is 15.6. The first-order valence-corrected chi connectivity index (χ1v) is 10.5. The van der Waals surface area contributed by atoms with Gasteiger partial charge in [0.05, 0.1) is 18.1 Å². The third-order valence-corrected chi connectivity index (χ3v) is 5.50. The largest absolute Gasteiger partial charge is 0.352 e. The van der Waals surface area contributed by atoms with Gasteiger partial charge in [0.2, 0.25) is 0 Å². The van der Waals surface area contributed by atoms with Gasteiger partial charge in [-0.25, -0.2) is 9.97 Å². The summed E-state index contributed by atoms with van der Waals surface area (Å²) in [6.45, 7) is 1.85. The van der Waals surface area contributed by atoms with Crippen LogP contribution in [0, 0.1) is 0 Å². The molecule has 0 amide bonds. The predicted octanol–water partition coefficient (Wildman–Crippen LogP) is 6.00. The van der Waals surface area contributed by atoms with Crippen LogP contribution in [-0.4, -0.2) is 30.9 Å². The number of aromatic amines is 2. The number of halogens is 1. The molecule has 32 heavy (non-hydrogen) atoms. The number of carbonyl (C=O) groups is 1. The van der Waals surface area contributed by atoms with Crippen LogP contribution in [0.1, 0.15) is 23.8 Å². The zero-order chi connectivity index (χ0) is 22.1. The van der Waals surface area contributed by atoms with Gasteiger partial charge in [-0.15, -0.1) is 0 Å². The number of hydrogen-bond acceptors (Lipinski definition) is 5. The fourth-order valence-electron chi connectivity index (χ4n) is 3.49. The molecule has 0 bridgehead atoms. The van der Waals surface area contributed by atoms with Gasteiger partial charge in [0.25, 0.3) is 0 Å². The summed E-state index contributed by atoms with van der Waals surface area (Å²) in [5, 5.41) is 11.4. The molecule has 3 N–H and O–H groups in total. The Morgan fingerprint density at radius 2 is 1.84 bits per heavy atom. The van der Waals surface area contributed by atoms with Crippen LogP contribution in [0.3, 0.4) is 0 Å². The van der Waals surface area contributed by atoms with E-state index in [0.717, 1.165) is 33.3 Å². The van der Waals surface area contributed by atoms with E-state index in [1.807, 2.05) is 61.7 Å². The number of anilines is 2. The average molecular weight is 443 g/mol. The van der Waals surface area contributed by atoms with Crippen LogP contribution in [0.15, 0.2) is 67.1 Å². The molecule has 7 nitrogen and oxygen atoms in total. The maximum atomic E-state index is 12.0. The summed E-state index contributed by atoms with van der Waals surface area (Å²) in [6.07, 6.45) is 5.66. The molecule has 5 rings (SSSR count). The Morgan fingerprint density at radius 3 is 2.59 bits per heavy atom. The van der Waals surface area contributed by atoms with Crippen molar-refractivity contribution in [2.45, 2.75) is 13.3 Å². The molecule has 0 atom stereocenters. The van der Waals surface area contributed by atoms with Gasteiger partial charge in [-0.2, -0.15) is 5.10 Å². The van der Waals surface area contributed by atoms with Crippen molar-refractivity contribution in [3.05, 3.63) is 77.8 Å². The molecule has 0 saturated carbocycles. The third-order valence-electron chi connectivity index (χ3n) is 5.23. The van der Waals surface area contributed by atoms with Crippen molar-refractivity contribution in [3.63, 3.8) is 0 Å². The molecule has 0 aliphatic heterocycles. The van der Waals surface area contributed by atoms with Gasteiger partial charge in [0, 0.05) is 40.3 Å². The quantitative estimate of drug-likeness (QED) is 0.280. The van der Waals surface area contributed by atoms with Crippen LogP contribution in [0.4, 0.5) is 11.5 Å². The lowest BCUT2D eigenvalue weighted by Gasteiger charge is -2.10. The van der Waals surface area contributed by atoms with Gasteiger partial charge in [-0.1, -0.05) is 42.8 Å². The molecule has 8 heteroatoms. The van der Waals surface area contributed by atoms with Gasteiger partial charge in [-0.3, -0.25) is 9.89 Å². The van der Waals surface area contributed by atoms with Gasteiger partial charge < -0.3 is 10.3 Å². The molecule has 0 radical (unpaired) electrons. The molecule has 2 aromatic carbocycles.